The topological polar surface area (TPSA) is 79.6 Å². The number of carbonyl (C=O) groups excluding carboxylic acids is 1. The van der Waals surface area contributed by atoms with Crippen LogP contribution in [0.15, 0.2) is 51.8 Å². The van der Waals surface area contributed by atoms with Gasteiger partial charge in [0, 0.05) is 36.5 Å². The lowest BCUT2D eigenvalue weighted by Gasteiger charge is -2.19. The summed E-state index contributed by atoms with van der Waals surface area (Å²) in [5.41, 5.74) is 2.86. The number of amides is 1. The van der Waals surface area contributed by atoms with Crippen molar-refractivity contribution in [1.82, 2.24) is 9.62 Å². The van der Waals surface area contributed by atoms with Crippen LogP contribution in [0.2, 0.25) is 0 Å². The fourth-order valence-corrected chi connectivity index (χ4v) is 4.00. The Morgan fingerprint density at radius 3 is 2.57 bits per heavy atom. The molecule has 1 heterocycles. The average molecular weight is 401 g/mol. The first-order chi connectivity index (χ1) is 13.3. The smallest absolute Gasteiger partial charge is 0.254 e. The van der Waals surface area contributed by atoms with E-state index in [9.17, 15) is 13.2 Å². The quantitative estimate of drug-likeness (QED) is 0.687. The normalized spacial score (nSPS) is 11.7. The number of carbonyl (C=O) groups is 1. The van der Waals surface area contributed by atoms with Gasteiger partial charge in [0.2, 0.25) is 10.0 Å². The molecule has 0 fully saturated rings. The summed E-state index contributed by atoms with van der Waals surface area (Å²) in [6.07, 6.45) is 0.723. The van der Waals surface area contributed by atoms with E-state index in [0.29, 0.717) is 12.1 Å². The van der Waals surface area contributed by atoms with Gasteiger partial charge < -0.3 is 9.32 Å². The first-order valence-corrected chi connectivity index (χ1v) is 10.6. The van der Waals surface area contributed by atoms with Gasteiger partial charge in [0.15, 0.2) is 0 Å². The molecule has 7 heteroatoms. The van der Waals surface area contributed by atoms with Gasteiger partial charge >= 0.3 is 0 Å². The van der Waals surface area contributed by atoms with Crippen molar-refractivity contribution in [3.63, 3.8) is 0 Å². The Morgan fingerprint density at radius 2 is 1.89 bits per heavy atom. The largest absolute Gasteiger partial charge is 0.461 e. The van der Waals surface area contributed by atoms with E-state index < -0.39 is 10.0 Å². The molecule has 2 aromatic carbocycles. The average Bonchev–Trinajstić information content (AvgIpc) is 3.05. The summed E-state index contributed by atoms with van der Waals surface area (Å²) >= 11 is 0. The van der Waals surface area contributed by atoms with E-state index in [1.54, 1.807) is 24.9 Å². The van der Waals surface area contributed by atoms with Crippen LogP contribution in [0.5, 0.6) is 0 Å². The van der Waals surface area contributed by atoms with Crippen LogP contribution in [0.4, 0.5) is 0 Å². The Morgan fingerprint density at radius 1 is 1.18 bits per heavy atom. The van der Waals surface area contributed by atoms with Crippen LogP contribution in [-0.2, 0) is 23.0 Å². The predicted octanol–water partition coefficient (Wildman–Crippen LogP) is 3.48. The minimum Gasteiger partial charge on any atom is -0.461 e. The van der Waals surface area contributed by atoms with Crippen molar-refractivity contribution in [2.45, 2.75) is 31.7 Å². The van der Waals surface area contributed by atoms with Crippen LogP contribution in [0.1, 0.15) is 34.2 Å². The molecular weight excluding hydrogens is 376 g/mol. The van der Waals surface area contributed by atoms with E-state index >= 15 is 0 Å². The van der Waals surface area contributed by atoms with Crippen molar-refractivity contribution >= 4 is 26.9 Å². The fraction of sp³-hybridized carbons (Fsp3) is 0.286. The number of fused-ring (bicyclic) bond motifs is 1. The van der Waals surface area contributed by atoms with Gasteiger partial charge in [0.25, 0.3) is 5.91 Å². The zero-order valence-electron chi connectivity index (χ0n) is 16.4. The zero-order valence-corrected chi connectivity index (χ0v) is 17.3. The number of nitrogens with zero attached hydrogens (tertiary/aromatic N) is 1. The van der Waals surface area contributed by atoms with Crippen molar-refractivity contribution in [2.75, 3.05) is 14.1 Å². The monoisotopic (exact) mass is 400 g/mol. The first-order valence-electron chi connectivity index (χ1n) is 9.07. The molecule has 0 aliphatic carbocycles. The number of nitrogens with one attached hydrogen (secondary N) is 1. The zero-order chi connectivity index (χ0) is 20.5. The third-order valence-electron chi connectivity index (χ3n) is 4.86. The maximum Gasteiger partial charge on any atom is 0.254 e. The van der Waals surface area contributed by atoms with Gasteiger partial charge in [-0.25, -0.2) is 13.1 Å². The summed E-state index contributed by atoms with van der Waals surface area (Å²) in [7, 11) is -0.565. The minimum absolute atomic E-state index is 0.0698. The molecule has 3 aromatic rings. The van der Waals surface area contributed by atoms with Gasteiger partial charge in [-0.05, 0) is 37.7 Å². The van der Waals surface area contributed by atoms with Crippen LogP contribution in [0, 0.1) is 6.92 Å². The molecule has 0 saturated heterocycles. The molecule has 3 rings (SSSR count). The maximum atomic E-state index is 13.1. The minimum atomic E-state index is -3.62. The Labute approximate surface area is 165 Å². The Bertz CT molecular complexity index is 1130. The maximum absolute atomic E-state index is 13.1. The highest BCUT2D eigenvalue weighted by Gasteiger charge is 2.21. The molecule has 0 spiro atoms. The molecule has 0 aliphatic heterocycles. The summed E-state index contributed by atoms with van der Waals surface area (Å²) in [4.78, 5) is 14.7. The molecule has 0 unspecified atom stereocenters. The highest BCUT2D eigenvalue weighted by Crippen LogP contribution is 2.28. The number of aryl methyl sites for hydroxylation is 2. The molecule has 6 nitrogen and oxygen atoms in total. The number of rotatable bonds is 6. The highest BCUT2D eigenvalue weighted by atomic mass is 32.2. The summed E-state index contributed by atoms with van der Waals surface area (Å²) in [6.45, 7) is 4.18. The second-order valence-corrected chi connectivity index (χ2v) is 8.59. The van der Waals surface area contributed by atoms with Gasteiger partial charge in [0.05, 0.1) is 4.90 Å². The third kappa shape index (κ3) is 3.68. The SMILES string of the molecule is CCc1oc2ccccc2c1CN(C)C(=O)c1cc(S(=O)(=O)NC)ccc1C. The van der Waals surface area contributed by atoms with Crippen LogP contribution in [0.25, 0.3) is 11.0 Å². The Balaban J connectivity index is 1.95. The molecule has 0 radical (unpaired) electrons. The highest BCUT2D eigenvalue weighted by molar-refractivity contribution is 7.89. The standard InChI is InChI=1S/C21H24N2O4S/c1-5-19-18(16-8-6-7-9-20(16)27-19)13-23(4)21(24)17-12-15(11-10-14(17)2)28(25,26)22-3/h6-12,22H,5,13H2,1-4H3. The molecule has 0 bridgehead atoms. The molecule has 1 N–H and O–H groups in total. The Hall–Kier alpha value is -2.64. The summed E-state index contributed by atoms with van der Waals surface area (Å²) < 4.78 is 32.4. The van der Waals surface area contributed by atoms with Crippen molar-refractivity contribution in [2.24, 2.45) is 0 Å². The lowest BCUT2D eigenvalue weighted by Crippen LogP contribution is -2.28. The van der Waals surface area contributed by atoms with Crippen LogP contribution in [-0.4, -0.2) is 33.3 Å². The summed E-state index contributed by atoms with van der Waals surface area (Å²) in [5.74, 6) is 0.613. The summed E-state index contributed by atoms with van der Waals surface area (Å²) in [5, 5.41) is 0.988. The molecule has 148 valence electrons. The number of hydrogen-bond donors (Lipinski definition) is 1. The predicted molar refractivity (Wildman–Crippen MR) is 109 cm³/mol. The van der Waals surface area contributed by atoms with E-state index in [1.807, 2.05) is 31.2 Å². The molecule has 0 atom stereocenters. The molecule has 28 heavy (non-hydrogen) atoms. The molecule has 1 amide bonds. The number of benzene rings is 2. The van der Waals surface area contributed by atoms with Crippen LogP contribution < -0.4 is 4.72 Å². The summed E-state index contributed by atoms with van der Waals surface area (Å²) in [6, 6.07) is 12.3. The molecule has 0 saturated carbocycles. The second kappa shape index (κ2) is 7.77. The van der Waals surface area contributed by atoms with Crippen molar-refractivity contribution < 1.29 is 17.6 Å². The fourth-order valence-electron chi connectivity index (χ4n) is 3.24. The lowest BCUT2D eigenvalue weighted by atomic mass is 10.1. The first kappa shape index (κ1) is 20.1. The van der Waals surface area contributed by atoms with Crippen molar-refractivity contribution in [1.29, 1.82) is 0 Å². The van der Waals surface area contributed by atoms with E-state index in [4.69, 9.17) is 4.42 Å². The molecular formula is C21H24N2O4S. The van der Waals surface area contributed by atoms with Gasteiger partial charge in [-0.3, -0.25) is 4.79 Å². The van der Waals surface area contributed by atoms with E-state index in [-0.39, 0.29) is 10.8 Å². The van der Waals surface area contributed by atoms with E-state index in [0.717, 1.165) is 34.3 Å². The van der Waals surface area contributed by atoms with Gasteiger partial charge in [-0.15, -0.1) is 0 Å². The third-order valence-corrected chi connectivity index (χ3v) is 6.28. The number of furan rings is 1. The van der Waals surface area contributed by atoms with Gasteiger partial charge in [-0.1, -0.05) is 31.2 Å². The van der Waals surface area contributed by atoms with Crippen LogP contribution >= 0.6 is 0 Å². The van der Waals surface area contributed by atoms with E-state index in [2.05, 4.69) is 4.72 Å². The number of sulfonamides is 1. The van der Waals surface area contributed by atoms with Crippen LogP contribution in [0.3, 0.4) is 0 Å². The van der Waals surface area contributed by atoms with Gasteiger partial charge in [-0.2, -0.15) is 0 Å². The molecule has 1 aromatic heterocycles. The number of para-hydroxylation sites is 1. The van der Waals surface area contributed by atoms with Crippen molar-refractivity contribution in [3.8, 4) is 0 Å². The van der Waals surface area contributed by atoms with E-state index in [1.165, 1.54) is 19.2 Å². The Kier molecular flexibility index (Phi) is 5.58. The molecule has 0 aliphatic rings. The van der Waals surface area contributed by atoms with Crippen molar-refractivity contribution in [3.05, 3.63) is 64.9 Å². The lowest BCUT2D eigenvalue weighted by molar-refractivity contribution is 0.0784. The second-order valence-electron chi connectivity index (χ2n) is 6.70. The number of hydrogen-bond acceptors (Lipinski definition) is 4. The van der Waals surface area contributed by atoms with Gasteiger partial charge in [0.1, 0.15) is 11.3 Å².